The molecule has 0 aliphatic rings. The minimum absolute atomic E-state index is 0.647. The summed E-state index contributed by atoms with van der Waals surface area (Å²) in [6.07, 6.45) is 7.45. The highest BCUT2D eigenvalue weighted by molar-refractivity contribution is 7.98. The maximum absolute atomic E-state index is 4.35. The summed E-state index contributed by atoms with van der Waals surface area (Å²) in [6.45, 7) is 4.46. The number of aromatic nitrogens is 6. The van der Waals surface area contributed by atoms with Crippen molar-refractivity contribution in [3.63, 3.8) is 0 Å². The van der Waals surface area contributed by atoms with E-state index in [0.717, 1.165) is 28.0 Å². The summed E-state index contributed by atoms with van der Waals surface area (Å²) in [5.74, 6) is 1.56. The molecule has 3 rings (SSSR count). The minimum Gasteiger partial charge on any atom is -0.297 e. The molecule has 0 aromatic carbocycles. The highest BCUT2D eigenvalue weighted by Crippen LogP contribution is 2.25. The molecule has 3 aromatic rings. The van der Waals surface area contributed by atoms with Gasteiger partial charge in [0.2, 0.25) is 0 Å². The minimum atomic E-state index is 0.647. The number of hydrogen-bond acceptors (Lipinski definition) is 5. The van der Waals surface area contributed by atoms with Crippen molar-refractivity contribution in [1.29, 1.82) is 0 Å². The van der Waals surface area contributed by atoms with Gasteiger partial charge in [0.1, 0.15) is 5.69 Å². The normalized spacial score (nSPS) is 10.8. The average Bonchev–Trinajstić information content (AvgIpc) is 3.13. The molecular weight excluding hydrogens is 296 g/mol. The number of pyridine rings is 1. The van der Waals surface area contributed by atoms with Crippen LogP contribution in [-0.4, -0.2) is 29.5 Å². The van der Waals surface area contributed by atoms with Gasteiger partial charge in [-0.2, -0.15) is 5.10 Å². The predicted octanol–water partition coefficient (Wildman–Crippen LogP) is 2.55. The van der Waals surface area contributed by atoms with E-state index in [4.69, 9.17) is 0 Å². The van der Waals surface area contributed by atoms with Crippen molar-refractivity contribution in [3.05, 3.63) is 55.0 Å². The first kappa shape index (κ1) is 14.5. The molecule has 7 heteroatoms. The van der Waals surface area contributed by atoms with E-state index in [9.17, 15) is 0 Å². The lowest BCUT2D eigenvalue weighted by atomic mass is 10.3. The third kappa shape index (κ3) is 3.09. The van der Waals surface area contributed by atoms with Crippen LogP contribution in [0.3, 0.4) is 0 Å². The van der Waals surface area contributed by atoms with Crippen LogP contribution in [0.5, 0.6) is 0 Å². The van der Waals surface area contributed by atoms with Gasteiger partial charge in [-0.3, -0.25) is 14.2 Å². The fraction of sp³-hybridized carbons (Fsp3) is 0.200. The van der Waals surface area contributed by atoms with Gasteiger partial charge >= 0.3 is 0 Å². The molecular formula is C15H16N6S. The van der Waals surface area contributed by atoms with Crippen LogP contribution in [0.1, 0.15) is 5.56 Å². The van der Waals surface area contributed by atoms with Gasteiger partial charge in [-0.25, -0.2) is 0 Å². The van der Waals surface area contributed by atoms with Gasteiger partial charge in [0, 0.05) is 37.3 Å². The van der Waals surface area contributed by atoms with Gasteiger partial charge in [-0.05, 0) is 12.1 Å². The molecule has 0 amide bonds. The third-order valence-electron chi connectivity index (χ3n) is 3.05. The van der Waals surface area contributed by atoms with E-state index >= 15 is 0 Å². The standard InChI is InChI=1S/C15H16N6S/c1-3-8-21-14(13-6-4-5-7-16-13)18-19-15(21)22-11-12-9-17-20(2)10-12/h3-7,9-10H,1,8,11H2,2H3. The van der Waals surface area contributed by atoms with Crippen molar-refractivity contribution in [2.45, 2.75) is 17.5 Å². The van der Waals surface area contributed by atoms with E-state index in [1.54, 1.807) is 22.6 Å². The zero-order valence-corrected chi connectivity index (χ0v) is 13.1. The number of allylic oxidation sites excluding steroid dienone is 1. The lowest BCUT2D eigenvalue weighted by Crippen LogP contribution is -2.01. The van der Waals surface area contributed by atoms with Gasteiger partial charge < -0.3 is 0 Å². The van der Waals surface area contributed by atoms with Crippen LogP contribution in [0, 0.1) is 0 Å². The van der Waals surface area contributed by atoms with Gasteiger partial charge in [-0.15, -0.1) is 16.8 Å². The van der Waals surface area contributed by atoms with Gasteiger partial charge in [0.25, 0.3) is 0 Å². The topological polar surface area (TPSA) is 61.4 Å². The first-order valence-corrected chi connectivity index (χ1v) is 7.82. The van der Waals surface area contributed by atoms with Crippen molar-refractivity contribution in [2.75, 3.05) is 0 Å². The SMILES string of the molecule is C=CCn1c(SCc2cnn(C)c2)nnc1-c1ccccn1. The predicted molar refractivity (Wildman–Crippen MR) is 86.2 cm³/mol. The van der Waals surface area contributed by atoms with Crippen LogP contribution in [0.15, 0.2) is 54.6 Å². The lowest BCUT2D eigenvalue weighted by Gasteiger charge is -2.06. The van der Waals surface area contributed by atoms with Crippen LogP contribution < -0.4 is 0 Å². The molecule has 0 N–H and O–H groups in total. The number of aryl methyl sites for hydroxylation is 1. The summed E-state index contributed by atoms with van der Waals surface area (Å²) in [5.41, 5.74) is 1.96. The molecule has 0 aliphatic heterocycles. The van der Waals surface area contributed by atoms with Crippen LogP contribution in [-0.2, 0) is 19.3 Å². The molecule has 0 aliphatic carbocycles. The second kappa shape index (κ2) is 6.57. The van der Waals surface area contributed by atoms with Crippen molar-refractivity contribution < 1.29 is 0 Å². The Hall–Kier alpha value is -2.41. The Bertz CT molecular complexity index is 761. The van der Waals surface area contributed by atoms with Gasteiger partial charge in [0.15, 0.2) is 11.0 Å². The fourth-order valence-corrected chi connectivity index (χ4v) is 2.93. The van der Waals surface area contributed by atoms with Crippen molar-refractivity contribution in [2.24, 2.45) is 7.05 Å². The molecule has 0 unspecified atom stereocenters. The molecule has 112 valence electrons. The summed E-state index contributed by atoms with van der Waals surface area (Å²) in [7, 11) is 1.91. The second-order valence-corrected chi connectivity index (χ2v) is 5.67. The van der Waals surface area contributed by atoms with E-state index < -0.39 is 0 Å². The summed E-state index contributed by atoms with van der Waals surface area (Å²) < 4.78 is 3.82. The van der Waals surface area contributed by atoms with Crippen molar-refractivity contribution >= 4 is 11.8 Å². The first-order valence-electron chi connectivity index (χ1n) is 6.83. The number of nitrogens with zero attached hydrogens (tertiary/aromatic N) is 6. The van der Waals surface area contributed by atoms with Crippen molar-refractivity contribution in [3.8, 4) is 11.5 Å². The monoisotopic (exact) mass is 312 g/mol. The lowest BCUT2D eigenvalue weighted by molar-refractivity contribution is 0.729. The summed E-state index contributed by atoms with van der Waals surface area (Å²) >= 11 is 1.63. The van der Waals surface area contributed by atoms with Crippen LogP contribution in [0.25, 0.3) is 11.5 Å². The average molecular weight is 312 g/mol. The molecule has 0 bridgehead atoms. The molecule has 0 saturated carbocycles. The van der Waals surface area contributed by atoms with E-state index in [2.05, 4.69) is 26.9 Å². The van der Waals surface area contributed by atoms with Crippen LogP contribution in [0.2, 0.25) is 0 Å². The largest absolute Gasteiger partial charge is 0.297 e. The maximum atomic E-state index is 4.35. The zero-order chi connectivity index (χ0) is 15.4. The Morgan fingerprint density at radius 1 is 1.32 bits per heavy atom. The molecule has 0 saturated heterocycles. The Balaban J connectivity index is 1.85. The summed E-state index contributed by atoms with van der Waals surface area (Å²) in [5, 5.41) is 13.6. The van der Waals surface area contributed by atoms with E-state index in [0.29, 0.717) is 6.54 Å². The third-order valence-corrected chi connectivity index (χ3v) is 4.09. The van der Waals surface area contributed by atoms with Crippen LogP contribution >= 0.6 is 11.8 Å². The van der Waals surface area contributed by atoms with Crippen LogP contribution in [0.4, 0.5) is 0 Å². The van der Waals surface area contributed by atoms with E-state index in [1.165, 1.54) is 0 Å². The quantitative estimate of drug-likeness (QED) is 0.517. The van der Waals surface area contributed by atoms with Gasteiger partial charge in [-0.1, -0.05) is 23.9 Å². The van der Waals surface area contributed by atoms with Gasteiger partial charge in [0.05, 0.1) is 6.20 Å². The highest BCUT2D eigenvalue weighted by atomic mass is 32.2. The molecule has 0 fully saturated rings. The van der Waals surface area contributed by atoms with E-state index in [1.807, 2.05) is 48.3 Å². The number of hydrogen-bond donors (Lipinski definition) is 0. The van der Waals surface area contributed by atoms with Crippen molar-refractivity contribution in [1.82, 2.24) is 29.5 Å². The smallest absolute Gasteiger partial charge is 0.192 e. The molecule has 3 heterocycles. The summed E-state index contributed by atoms with van der Waals surface area (Å²) in [6, 6.07) is 5.76. The molecule has 6 nitrogen and oxygen atoms in total. The highest BCUT2D eigenvalue weighted by Gasteiger charge is 2.14. The molecule has 0 radical (unpaired) electrons. The zero-order valence-electron chi connectivity index (χ0n) is 12.3. The number of thioether (sulfide) groups is 1. The molecule has 0 atom stereocenters. The Morgan fingerprint density at radius 3 is 2.91 bits per heavy atom. The Morgan fingerprint density at radius 2 is 2.23 bits per heavy atom. The maximum Gasteiger partial charge on any atom is 0.192 e. The Kier molecular flexibility index (Phi) is 4.34. The Labute approximate surface area is 132 Å². The summed E-state index contributed by atoms with van der Waals surface area (Å²) in [4.78, 5) is 4.35. The fourth-order valence-electron chi connectivity index (χ4n) is 2.07. The molecule has 22 heavy (non-hydrogen) atoms. The molecule has 3 aromatic heterocycles. The first-order chi connectivity index (χ1) is 10.8. The molecule has 0 spiro atoms. The second-order valence-electron chi connectivity index (χ2n) is 4.73. The number of rotatable bonds is 6. The van der Waals surface area contributed by atoms with E-state index in [-0.39, 0.29) is 0 Å².